The highest BCUT2D eigenvalue weighted by Crippen LogP contribution is 2.54. The van der Waals surface area contributed by atoms with Crippen LogP contribution in [0.15, 0.2) is 95.3 Å². The number of carbonyl (C=O) groups excluding carboxylic acids is 2. The zero-order valence-electron chi connectivity index (χ0n) is 47.1. The molecule has 3 aromatic heterocycles. The van der Waals surface area contributed by atoms with E-state index in [-0.39, 0.29) is 60.8 Å². The van der Waals surface area contributed by atoms with E-state index in [4.69, 9.17) is 35.0 Å². The van der Waals surface area contributed by atoms with Crippen molar-refractivity contribution in [3.05, 3.63) is 125 Å². The summed E-state index contributed by atoms with van der Waals surface area (Å²) in [6.45, 7) is 10.7. The maximum absolute atomic E-state index is 16.3. The number of aliphatic hydroxyl groups is 1. The second-order valence-corrected chi connectivity index (χ2v) is 23.0. The predicted molar refractivity (Wildman–Crippen MR) is 314 cm³/mol. The summed E-state index contributed by atoms with van der Waals surface area (Å²) in [5, 5.41) is 27.4. The van der Waals surface area contributed by atoms with E-state index in [2.05, 4.69) is 36.8 Å². The number of piperazine rings is 1. The smallest absolute Gasteiger partial charge is 0.319 e. The number of fused-ring (bicyclic) bond motifs is 4. The van der Waals surface area contributed by atoms with Gasteiger partial charge < -0.3 is 45.6 Å². The third-order valence-electron chi connectivity index (χ3n) is 17.2. The van der Waals surface area contributed by atoms with Gasteiger partial charge in [0.1, 0.15) is 47.7 Å². The SMILES string of the molecule is Cc1ncccc1-c1ccc([C@H](CO)NC(=O)[C@@H]2CCCN2C(=O)[C@@H](N=C/C(=N\N)c2ccc(COc3c(-c4c(C)c(F)cc5cnn(C)c45)c(C4CC4)cc4c(N5C[C@@H]6C[C@H]5CN6)nc(OC5CCOCC5)nc34)cc2)C(C)C)cc1. The Balaban J connectivity index is 0.817. The normalized spacial score (nSPS) is 20.2. The quantitative estimate of drug-likeness (QED) is 0.0363. The second kappa shape index (κ2) is 23.2. The molecule has 5 atom stereocenters. The lowest BCUT2D eigenvalue weighted by Crippen LogP contribution is -2.50. The largest absolute Gasteiger partial charge is 0.486 e. The fraction of sp³-hybridized carbons (Fsp3) is 0.429. The standard InChI is InChI=1S/C63H71FN12O6/c1-35(2)56(62(79)75-23-7-9-53(75)61(78)70-52(33-77)42-18-16-39(17-19-42)47-8-6-22-66-37(47)4)68-31-51(73-65)41-12-10-38(11-13-41)34-81-59-55(54-36(3)50(64)26-43-29-69-74(5)58(43)54)48(40-14-15-40)28-49-57(59)71-63(82-46-20-24-80-25-21-46)72-60(49)76-32-44-27-45(76)30-67-44/h6,8,10-13,16-19,22,26,28-29,31,35,40,44-46,52-53,56,67,77H,7,9,14-15,20-21,23-25,27,30,32-34,65H2,1-5H3,(H,70,78)/b68-31?,73-51+/t44-,45-,52-,53-,56-/m0/s1. The average Bonchev–Trinajstić information content (AvgIpc) is 2.44. The number of ether oxygens (including phenoxy) is 3. The molecule has 0 unspecified atom stereocenters. The molecular formula is C63H71FN12O6. The van der Waals surface area contributed by atoms with Gasteiger partial charge in [-0.15, -0.1) is 0 Å². The van der Waals surface area contributed by atoms with Crippen molar-refractivity contribution in [2.75, 3.05) is 44.4 Å². The fourth-order valence-corrected chi connectivity index (χ4v) is 12.5. The summed E-state index contributed by atoms with van der Waals surface area (Å²) < 4.78 is 37.6. The molecule has 7 heterocycles. The molecule has 5 fully saturated rings. The minimum absolute atomic E-state index is 0.117. The van der Waals surface area contributed by atoms with Crippen LogP contribution in [0.2, 0.25) is 0 Å². The number of aliphatic imine (C=N–C) groups is 1. The Labute approximate surface area is 476 Å². The summed E-state index contributed by atoms with van der Waals surface area (Å²) in [4.78, 5) is 52.1. The third-order valence-corrected chi connectivity index (χ3v) is 17.2. The van der Waals surface area contributed by atoms with Crippen molar-refractivity contribution in [3.63, 3.8) is 0 Å². The minimum Gasteiger partial charge on any atom is -0.486 e. The lowest BCUT2D eigenvalue weighted by Gasteiger charge is -2.31. The molecule has 4 saturated heterocycles. The highest BCUT2D eigenvalue weighted by Gasteiger charge is 2.42. The fourth-order valence-electron chi connectivity index (χ4n) is 12.5. The third kappa shape index (κ3) is 10.8. The van der Waals surface area contributed by atoms with Crippen molar-refractivity contribution in [3.8, 4) is 34.0 Å². The predicted octanol–water partition coefficient (Wildman–Crippen LogP) is 8.17. The summed E-state index contributed by atoms with van der Waals surface area (Å²) in [5.74, 6) is 6.46. The van der Waals surface area contributed by atoms with Gasteiger partial charge in [0.2, 0.25) is 11.8 Å². The summed E-state index contributed by atoms with van der Waals surface area (Å²) in [5.41, 5.74) is 9.95. The number of rotatable bonds is 18. The van der Waals surface area contributed by atoms with Crippen molar-refractivity contribution in [2.45, 2.75) is 121 Å². The van der Waals surface area contributed by atoms with Crippen LogP contribution < -0.4 is 30.8 Å². The van der Waals surface area contributed by atoms with E-state index in [0.717, 1.165) is 107 Å². The zero-order chi connectivity index (χ0) is 56.8. The van der Waals surface area contributed by atoms with Crippen molar-refractivity contribution in [1.29, 1.82) is 0 Å². The molecule has 82 heavy (non-hydrogen) atoms. The maximum atomic E-state index is 16.3. The van der Waals surface area contributed by atoms with Gasteiger partial charge in [-0.25, -0.2) is 4.39 Å². The zero-order valence-corrected chi connectivity index (χ0v) is 47.1. The van der Waals surface area contributed by atoms with Crippen molar-refractivity contribution in [1.82, 2.24) is 40.3 Å². The Bertz CT molecular complexity index is 3600. The number of nitrogens with one attached hydrogen (secondary N) is 2. The number of aryl methyl sites for hydroxylation is 2. The Morgan fingerprint density at radius 2 is 1.80 bits per heavy atom. The van der Waals surface area contributed by atoms with Crippen LogP contribution in [0.4, 0.5) is 10.2 Å². The van der Waals surface area contributed by atoms with E-state index in [0.29, 0.717) is 72.1 Å². The van der Waals surface area contributed by atoms with Gasteiger partial charge in [-0.3, -0.25) is 24.2 Å². The molecule has 7 aromatic rings. The minimum atomic E-state index is -0.830. The van der Waals surface area contributed by atoms with Crippen molar-refractivity contribution < 1.29 is 33.3 Å². The van der Waals surface area contributed by atoms with Gasteiger partial charge >= 0.3 is 6.01 Å². The lowest BCUT2D eigenvalue weighted by molar-refractivity contribution is -0.140. The number of carbonyl (C=O) groups is 2. The van der Waals surface area contributed by atoms with E-state index in [1.54, 1.807) is 23.4 Å². The number of anilines is 1. The molecule has 1 saturated carbocycles. The summed E-state index contributed by atoms with van der Waals surface area (Å²) in [7, 11) is 1.89. The summed E-state index contributed by atoms with van der Waals surface area (Å²) in [6.07, 6.45) is 10.4. The molecule has 0 radical (unpaired) electrons. The number of hydrogen-bond donors (Lipinski definition) is 4. The first-order chi connectivity index (χ1) is 39.8. The molecule has 426 valence electrons. The van der Waals surface area contributed by atoms with Crippen LogP contribution in [0.3, 0.4) is 0 Å². The number of pyridine rings is 1. The number of amides is 2. The van der Waals surface area contributed by atoms with E-state index < -0.39 is 18.1 Å². The number of hydrogen-bond acceptors (Lipinski definition) is 15. The molecular weight excluding hydrogens is 1040 g/mol. The van der Waals surface area contributed by atoms with Crippen LogP contribution >= 0.6 is 0 Å². The number of aromatic nitrogens is 5. The van der Waals surface area contributed by atoms with Gasteiger partial charge in [0.15, 0.2) is 5.75 Å². The van der Waals surface area contributed by atoms with E-state index in [9.17, 15) is 14.7 Å². The number of nitrogens with zero attached hydrogens (tertiary/aromatic N) is 9. The molecule has 2 amide bonds. The number of hydrazone groups is 1. The molecule has 4 aliphatic heterocycles. The van der Waals surface area contributed by atoms with Crippen LogP contribution in [0.1, 0.15) is 104 Å². The molecule has 2 bridgehead atoms. The monoisotopic (exact) mass is 1110 g/mol. The van der Waals surface area contributed by atoms with Crippen LogP contribution in [0, 0.1) is 25.6 Å². The first-order valence-electron chi connectivity index (χ1n) is 28.9. The second-order valence-electron chi connectivity index (χ2n) is 23.0. The van der Waals surface area contributed by atoms with Gasteiger partial charge in [-0.05, 0) is 104 Å². The molecule has 19 heteroatoms. The molecule has 5 N–H and O–H groups in total. The highest BCUT2D eigenvalue weighted by atomic mass is 19.1. The van der Waals surface area contributed by atoms with Gasteiger partial charge in [0, 0.05) is 96.5 Å². The van der Waals surface area contributed by atoms with Crippen LogP contribution in [-0.2, 0) is 28.0 Å². The molecule has 5 aliphatic rings. The number of nitrogens with two attached hydrogens (primary N) is 1. The number of likely N-dealkylation sites (tertiary alicyclic amines) is 1. The van der Waals surface area contributed by atoms with Gasteiger partial charge in [-0.2, -0.15) is 20.2 Å². The van der Waals surface area contributed by atoms with E-state index in [1.807, 2.05) is 100 Å². The van der Waals surface area contributed by atoms with Crippen molar-refractivity contribution >= 4 is 51.4 Å². The first-order valence-corrected chi connectivity index (χ1v) is 28.9. The van der Waals surface area contributed by atoms with E-state index in [1.165, 1.54) is 6.21 Å². The van der Waals surface area contributed by atoms with Gasteiger partial charge in [-0.1, -0.05) is 68.4 Å². The summed E-state index contributed by atoms with van der Waals surface area (Å²) in [6, 6.07) is 21.7. The summed E-state index contributed by atoms with van der Waals surface area (Å²) >= 11 is 0. The van der Waals surface area contributed by atoms with E-state index >= 15 is 4.39 Å². The molecule has 1 aliphatic carbocycles. The topological polar surface area (TPSA) is 220 Å². The van der Waals surface area contributed by atoms with Crippen molar-refractivity contribution in [2.24, 2.45) is 28.9 Å². The maximum Gasteiger partial charge on any atom is 0.319 e. The number of halogens is 1. The highest BCUT2D eigenvalue weighted by molar-refractivity contribution is 6.38. The Kier molecular flexibility index (Phi) is 15.5. The number of aliphatic hydroxyl groups excluding tert-OH is 1. The molecule has 18 nitrogen and oxygen atoms in total. The first kappa shape index (κ1) is 54.7. The van der Waals surface area contributed by atoms with Gasteiger partial charge in [0.05, 0.1) is 43.8 Å². The van der Waals surface area contributed by atoms with Gasteiger partial charge in [0.25, 0.3) is 0 Å². The lowest BCUT2D eigenvalue weighted by atomic mass is 9.89. The van der Waals surface area contributed by atoms with Crippen LogP contribution in [0.25, 0.3) is 44.1 Å². The molecule has 0 spiro atoms. The number of benzene rings is 4. The Hall–Kier alpha value is -7.87. The Morgan fingerprint density at radius 3 is 2.50 bits per heavy atom. The average molecular weight is 1110 g/mol. The van der Waals surface area contributed by atoms with Crippen LogP contribution in [-0.4, -0.2) is 128 Å². The van der Waals surface area contributed by atoms with Crippen LogP contribution in [0.5, 0.6) is 11.8 Å². The molecule has 4 aromatic carbocycles. The molecule has 12 rings (SSSR count). The Morgan fingerprint density at radius 1 is 1.01 bits per heavy atom.